The smallest absolute Gasteiger partial charge is 0.311 e. The third-order valence-electron chi connectivity index (χ3n) is 4.25. The Bertz CT molecular complexity index is 696. The Morgan fingerprint density at radius 3 is 2.22 bits per heavy atom. The van der Waals surface area contributed by atoms with Crippen molar-refractivity contribution in [3.05, 3.63) is 64.2 Å². The molecule has 2 rings (SSSR count). The van der Waals surface area contributed by atoms with E-state index in [-0.39, 0.29) is 0 Å². The van der Waals surface area contributed by atoms with Gasteiger partial charge in [0.1, 0.15) is 0 Å². The van der Waals surface area contributed by atoms with E-state index in [0.717, 1.165) is 27.9 Å². The van der Waals surface area contributed by atoms with E-state index in [2.05, 4.69) is 18.2 Å². The first-order valence-corrected chi connectivity index (χ1v) is 7.86. The van der Waals surface area contributed by atoms with Crippen LogP contribution in [0.15, 0.2) is 36.4 Å². The molecule has 3 heteroatoms. The lowest BCUT2D eigenvalue weighted by atomic mass is 9.85. The van der Waals surface area contributed by atoms with Crippen molar-refractivity contribution in [1.29, 1.82) is 0 Å². The van der Waals surface area contributed by atoms with Crippen molar-refractivity contribution in [3.8, 4) is 0 Å². The third-order valence-corrected chi connectivity index (χ3v) is 4.25. The minimum atomic E-state index is -0.768. The van der Waals surface area contributed by atoms with Crippen molar-refractivity contribution in [3.63, 3.8) is 0 Å². The van der Waals surface area contributed by atoms with E-state index in [1.54, 1.807) is 0 Å². The Morgan fingerprint density at radius 1 is 1.09 bits per heavy atom. The molecule has 3 nitrogen and oxygen atoms in total. The molecule has 0 fully saturated rings. The number of benzene rings is 2. The van der Waals surface area contributed by atoms with Crippen LogP contribution >= 0.6 is 0 Å². The number of nitrogens with zero attached hydrogens (tertiary/aromatic N) is 1. The Morgan fingerprint density at radius 2 is 1.70 bits per heavy atom. The van der Waals surface area contributed by atoms with Gasteiger partial charge in [0.15, 0.2) is 0 Å². The minimum Gasteiger partial charge on any atom is -0.481 e. The summed E-state index contributed by atoms with van der Waals surface area (Å²) in [5, 5.41) is 9.77. The zero-order valence-corrected chi connectivity index (χ0v) is 14.6. The summed E-state index contributed by atoms with van der Waals surface area (Å²) >= 11 is 0. The van der Waals surface area contributed by atoms with Gasteiger partial charge < -0.3 is 10.0 Å². The van der Waals surface area contributed by atoms with Crippen molar-refractivity contribution in [1.82, 2.24) is 0 Å². The van der Waals surface area contributed by atoms with Gasteiger partial charge in [-0.1, -0.05) is 29.8 Å². The summed E-state index contributed by atoms with van der Waals surface area (Å²) < 4.78 is 0. The van der Waals surface area contributed by atoms with Crippen LogP contribution in [0.5, 0.6) is 0 Å². The molecule has 0 radical (unpaired) electrons. The molecule has 1 atom stereocenters. The number of hydrogen-bond acceptors (Lipinski definition) is 2. The van der Waals surface area contributed by atoms with Crippen LogP contribution in [-0.2, 0) is 11.2 Å². The van der Waals surface area contributed by atoms with Gasteiger partial charge in [-0.25, -0.2) is 0 Å². The zero-order chi connectivity index (χ0) is 17.1. The fourth-order valence-electron chi connectivity index (χ4n) is 3.25. The van der Waals surface area contributed by atoms with Crippen molar-refractivity contribution in [2.45, 2.75) is 33.1 Å². The zero-order valence-electron chi connectivity index (χ0n) is 14.6. The fourth-order valence-corrected chi connectivity index (χ4v) is 3.25. The lowest BCUT2D eigenvalue weighted by Crippen LogP contribution is -2.17. The van der Waals surface area contributed by atoms with Crippen LogP contribution in [0.3, 0.4) is 0 Å². The molecular weight excluding hydrogens is 286 g/mol. The van der Waals surface area contributed by atoms with E-state index in [9.17, 15) is 9.90 Å². The van der Waals surface area contributed by atoms with Gasteiger partial charge in [0.25, 0.3) is 0 Å². The third kappa shape index (κ3) is 3.92. The van der Waals surface area contributed by atoms with E-state index in [1.807, 2.05) is 58.0 Å². The molecule has 2 aromatic rings. The Kier molecular flexibility index (Phi) is 5.09. The quantitative estimate of drug-likeness (QED) is 0.904. The van der Waals surface area contributed by atoms with Crippen molar-refractivity contribution < 1.29 is 9.90 Å². The number of carboxylic acids is 1. The molecule has 0 bridgehead atoms. The maximum atomic E-state index is 11.9. The number of hydrogen-bond donors (Lipinski definition) is 1. The highest BCUT2D eigenvalue weighted by Crippen LogP contribution is 2.29. The number of carboxylic acid groups (broad SMARTS) is 1. The molecule has 0 saturated carbocycles. The topological polar surface area (TPSA) is 40.5 Å². The van der Waals surface area contributed by atoms with Gasteiger partial charge in [0, 0.05) is 19.8 Å². The summed E-state index contributed by atoms with van der Waals surface area (Å²) in [7, 11) is 3.98. The normalized spacial score (nSPS) is 12.0. The molecule has 1 N–H and O–H groups in total. The first kappa shape index (κ1) is 17.1. The van der Waals surface area contributed by atoms with E-state index >= 15 is 0 Å². The van der Waals surface area contributed by atoms with Gasteiger partial charge in [-0.3, -0.25) is 4.79 Å². The molecule has 0 spiro atoms. The van der Waals surface area contributed by atoms with Crippen LogP contribution in [0.4, 0.5) is 5.69 Å². The van der Waals surface area contributed by atoms with Crippen LogP contribution < -0.4 is 4.90 Å². The van der Waals surface area contributed by atoms with Crippen LogP contribution in [0.25, 0.3) is 0 Å². The second-order valence-electron chi connectivity index (χ2n) is 6.47. The Hall–Kier alpha value is -2.29. The Balaban J connectivity index is 2.41. The predicted octanol–water partition coefficient (Wildman–Crippen LogP) is 4.09. The largest absolute Gasteiger partial charge is 0.481 e. The predicted molar refractivity (Wildman–Crippen MR) is 95.5 cm³/mol. The van der Waals surface area contributed by atoms with E-state index in [1.165, 1.54) is 5.56 Å². The first-order valence-electron chi connectivity index (χ1n) is 7.86. The molecule has 0 aliphatic rings. The standard InChI is InChI=1S/C20H25NO2/c1-13-9-14(2)19(15(3)10-13)18(20(22)23)12-16-7-6-8-17(11-16)21(4)5/h6-11,18H,12H2,1-5H3,(H,22,23). The molecule has 0 saturated heterocycles. The van der Waals surface area contributed by atoms with Gasteiger partial charge in [0.05, 0.1) is 5.92 Å². The summed E-state index contributed by atoms with van der Waals surface area (Å²) in [6, 6.07) is 12.2. The summed E-state index contributed by atoms with van der Waals surface area (Å²) in [5.41, 5.74) is 6.35. The number of rotatable bonds is 5. The van der Waals surface area contributed by atoms with Gasteiger partial charge >= 0.3 is 5.97 Å². The van der Waals surface area contributed by atoms with Crippen molar-refractivity contribution >= 4 is 11.7 Å². The van der Waals surface area contributed by atoms with Crippen molar-refractivity contribution in [2.75, 3.05) is 19.0 Å². The van der Waals surface area contributed by atoms with E-state index in [4.69, 9.17) is 0 Å². The molecular formula is C20H25NO2. The molecule has 23 heavy (non-hydrogen) atoms. The second-order valence-corrected chi connectivity index (χ2v) is 6.47. The van der Waals surface area contributed by atoms with Gasteiger partial charge in [-0.05, 0) is 61.6 Å². The molecule has 1 unspecified atom stereocenters. The molecule has 0 aliphatic carbocycles. The van der Waals surface area contributed by atoms with Crippen molar-refractivity contribution in [2.24, 2.45) is 0 Å². The highest BCUT2D eigenvalue weighted by molar-refractivity contribution is 5.78. The van der Waals surface area contributed by atoms with Crippen LogP contribution in [0, 0.1) is 20.8 Å². The summed E-state index contributed by atoms with van der Waals surface area (Å²) in [6.45, 7) is 6.04. The van der Waals surface area contributed by atoms with E-state index in [0.29, 0.717) is 6.42 Å². The van der Waals surface area contributed by atoms with Gasteiger partial charge in [0.2, 0.25) is 0 Å². The molecule has 122 valence electrons. The van der Waals surface area contributed by atoms with Crippen LogP contribution in [-0.4, -0.2) is 25.2 Å². The number of aliphatic carboxylic acids is 1. The maximum absolute atomic E-state index is 11.9. The number of carbonyl (C=O) groups is 1. The maximum Gasteiger partial charge on any atom is 0.311 e. The molecule has 2 aromatic carbocycles. The fraction of sp³-hybridized carbons (Fsp3) is 0.350. The summed E-state index contributed by atoms with van der Waals surface area (Å²) in [6.07, 6.45) is 0.502. The highest BCUT2D eigenvalue weighted by Gasteiger charge is 2.24. The monoisotopic (exact) mass is 311 g/mol. The average Bonchev–Trinajstić information content (AvgIpc) is 2.45. The SMILES string of the molecule is Cc1cc(C)c(C(Cc2cccc(N(C)C)c2)C(=O)O)c(C)c1. The summed E-state index contributed by atoms with van der Waals surface area (Å²) in [4.78, 5) is 13.9. The highest BCUT2D eigenvalue weighted by atomic mass is 16.4. The average molecular weight is 311 g/mol. The molecule has 0 amide bonds. The summed E-state index contributed by atoms with van der Waals surface area (Å²) in [5.74, 6) is -1.29. The van der Waals surface area contributed by atoms with E-state index < -0.39 is 11.9 Å². The van der Waals surface area contributed by atoms with Gasteiger partial charge in [-0.15, -0.1) is 0 Å². The van der Waals surface area contributed by atoms with Gasteiger partial charge in [-0.2, -0.15) is 0 Å². The lowest BCUT2D eigenvalue weighted by Gasteiger charge is -2.20. The second kappa shape index (κ2) is 6.86. The molecule has 0 heterocycles. The molecule has 0 aromatic heterocycles. The Labute approximate surface area is 138 Å². The van der Waals surface area contributed by atoms with Crippen LogP contribution in [0.2, 0.25) is 0 Å². The van der Waals surface area contributed by atoms with Crippen LogP contribution in [0.1, 0.15) is 33.7 Å². The molecule has 0 aliphatic heterocycles. The number of anilines is 1. The lowest BCUT2D eigenvalue weighted by molar-refractivity contribution is -0.138. The number of aryl methyl sites for hydroxylation is 3. The first-order chi connectivity index (χ1) is 10.8. The minimum absolute atomic E-state index is 0.502.